The summed E-state index contributed by atoms with van der Waals surface area (Å²) in [6, 6.07) is 9.01. The lowest BCUT2D eigenvalue weighted by molar-refractivity contribution is -0.113. The molecule has 1 aliphatic heterocycles. The Bertz CT molecular complexity index is 1110. The molecule has 0 aromatic heterocycles. The molecule has 0 saturated carbocycles. The standard InChI is InChI=1S/C20H15NO7S2/c1-27-13-8-7-10(15(19(25)26)16(13)28-2)9-14-17(22)21(20(29)30-14)12-6-4-3-5-11(12)18(23)24/h3-9H,1-2H3,(H,23,24)(H,25,26)/b14-9-. The van der Waals surface area contributed by atoms with Crippen LogP contribution in [0.2, 0.25) is 0 Å². The topological polar surface area (TPSA) is 113 Å². The minimum atomic E-state index is -1.26. The Hall–Kier alpha value is -3.37. The number of hydrogen-bond donors (Lipinski definition) is 2. The molecular weight excluding hydrogens is 430 g/mol. The molecule has 1 saturated heterocycles. The summed E-state index contributed by atoms with van der Waals surface area (Å²) in [7, 11) is 2.70. The SMILES string of the molecule is COc1ccc(/C=C2\SC(=S)N(c3ccccc3C(=O)O)C2=O)c(C(=O)O)c1OC. The van der Waals surface area contributed by atoms with Gasteiger partial charge >= 0.3 is 11.9 Å². The van der Waals surface area contributed by atoms with Gasteiger partial charge in [0.05, 0.1) is 30.4 Å². The largest absolute Gasteiger partial charge is 0.493 e. The molecule has 154 valence electrons. The fourth-order valence-electron chi connectivity index (χ4n) is 2.95. The number of carboxylic acids is 2. The van der Waals surface area contributed by atoms with E-state index in [1.165, 1.54) is 44.6 Å². The Morgan fingerprint density at radius 1 is 1.07 bits per heavy atom. The number of para-hydroxylation sites is 1. The molecule has 0 unspecified atom stereocenters. The van der Waals surface area contributed by atoms with Crippen LogP contribution in [0.5, 0.6) is 11.5 Å². The van der Waals surface area contributed by atoms with Crippen LogP contribution in [0.3, 0.4) is 0 Å². The van der Waals surface area contributed by atoms with Crippen LogP contribution in [-0.2, 0) is 4.79 Å². The zero-order chi connectivity index (χ0) is 22.0. The van der Waals surface area contributed by atoms with Gasteiger partial charge in [0.1, 0.15) is 5.56 Å². The summed E-state index contributed by atoms with van der Waals surface area (Å²) in [5, 5.41) is 19.1. The van der Waals surface area contributed by atoms with E-state index in [0.717, 1.165) is 16.7 Å². The predicted octanol–water partition coefficient (Wildman–Crippen LogP) is 3.51. The quantitative estimate of drug-likeness (QED) is 0.509. The van der Waals surface area contributed by atoms with Gasteiger partial charge in [-0.05, 0) is 29.8 Å². The number of thiocarbonyl (C=S) groups is 1. The number of aromatic carboxylic acids is 2. The van der Waals surface area contributed by atoms with Gasteiger partial charge in [0, 0.05) is 0 Å². The van der Waals surface area contributed by atoms with Crippen molar-refractivity contribution in [3.8, 4) is 11.5 Å². The van der Waals surface area contributed by atoms with Crippen molar-refractivity contribution in [3.63, 3.8) is 0 Å². The van der Waals surface area contributed by atoms with E-state index in [1.54, 1.807) is 12.1 Å². The zero-order valence-corrected chi connectivity index (χ0v) is 17.4. The number of anilines is 1. The van der Waals surface area contributed by atoms with E-state index in [-0.39, 0.29) is 43.1 Å². The van der Waals surface area contributed by atoms with E-state index in [0.29, 0.717) is 0 Å². The van der Waals surface area contributed by atoms with Crippen LogP contribution in [0.15, 0.2) is 41.3 Å². The van der Waals surface area contributed by atoms with Gasteiger partial charge < -0.3 is 19.7 Å². The van der Waals surface area contributed by atoms with E-state index in [9.17, 15) is 24.6 Å². The highest BCUT2D eigenvalue weighted by Crippen LogP contribution is 2.40. The number of hydrogen-bond acceptors (Lipinski definition) is 7. The number of methoxy groups -OCH3 is 2. The van der Waals surface area contributed by atoms with Gasteiger partial charge in [-0.15, -0.1) is 0 Å². The first-order valence-corrected chi connectivity index (χ1v) is 9.61. The molecule has 1 aliphatic rings. The highest BCUT2D eigenvalue weighted by molar-refractivity contribution is 8.27. The summed E-state index contributed by atoms with van der Waals surface area (Å²) in [6.45, 7) is 0. The molecular formula is C20H15NO7S2. The van der Waals surface area contributed by atoms with Crippen LogP contribution >= 0.6 is 24.0 Å². The molecule has 0 spiro atoms. The number of thioether (sulfide) groups is 1. The fourth-order valence-corrected chi connectivity index (χ4v) is 4.22. The van der Waals surface area contributed by atoms with Crippen molar-refractivity contribution in [1.82, 2.24) is 0 Å². The van der Waals surface area contributed by atoms with Gasteiger partial charge in [-0.1, -0.05) is 42.2 Å². The molecule has 2 N–H and O–H groups in total. The monoisotopic (exact) mass is 445 g/mol. The minimum Gasteiger partial charge on any atom is -0.493 e. The Kier molecular flexibility index (Phi) is 6.09. The van der Waals surface area contributed by atoms with Crippen molar-refractivity contribution in [2.45, 2.75) is 0 Å². The second kappa shape index (κ2) is 8.56. The number of carboxylic acid groups (broad SMARTS) is 2. The van der Waals surface area contributed by atoms with Crippen LogP contribution in [-0.4, -0.2) is 46.6 Å². The molecule has 0 aliphatic carbocycles. The molecule has 10 heteroatoms. The van der Waals surface area contributed by atoms with Crippen LogP contribution in [0, 0.1) is 0 Å². The van der Waals surface area contributed by atoms with E-state index < -0.39 is 17.8 Å². The van der Waals surface area contributed by atoms with Crippen molar-refractivity contribution in [3.05, 3.63) is 58.0 Å². The van der Waals surface area contributed by atoms with Crippen molar-refractivity contribution < 1.29 is 34.1 Å². The minimum absolute atomic E-state index is 0.0189. The number of rotatable bonds is 6. The summed E-state index contributed by atoms with van der Waals surface area (Å²) in [4.78, 5) is 37.6. The molecule has 3 rings (SSSR count). The fraction of sp³-hybridized carbons (Fsp3) is 0.100. The average molecular weight is 445 g/mol. The molecule has 0 bridgehead atoms. The maximum atomic E-state index is 13.0. The van der Waals surface area contributed by atoms with Gasteiger partial charge in [-0.25, -0.2) is 9.59 Å². The van der Waals surface area contributed by atoms with E-state index >= 15 is 0 Å². The predicted molar refractivity (Wildman–Crippen MR) is 116 cm³/mol. The normalized spacial score (nSPS) is 14.9. The van der Waals surface area contributed by atoms with E-state index in [4.69, 9.17) is 21.7 Å². The summed E-state index contributed by atoms with van der Waals surface area (Å²) >= 11 is 6.23. The maximum Gasteiger partial charge on any atom is 0.340 e. The number of benzene rings is 2. The van der Waals surface area contributed by atoms with Gasteiger partial charge in [0.15, 0.2) is 15.8 Å². The molecule has 1 amide bonds. The summed E-state index contributed by atoms with van der Waals surface area (Å²) in [6.07, 6.45) is 1.38. The first-order chi connectivity index (χ1) is 14.3. The number of amides is 1. The highest BCUT2D eigenvalue weighted by Gasteiger charge is 2.36. The number of nitrogens with zero attached hydrogens (tertiary/aromatic N) is 1. The first kappa shape index (κ1) is 21.3. The third-order valence-corrected chi connectivity index (χ3v) is 5.55. The van der Waals surface area contributed by atoms with Gasteiger partial charge in [-0.2, -0.15) is 0 Å². The highest BCUT2D eigenvalue weighted by atomic mass is 32.2. The summed E-state index contributed by atoms with van der Waals surface area (Å²) in [5.41, 5.74) is 0.106. The molecule has 1 fully saturated rings. The van der Waals surface area contributed by atoms with Crippen LogP contribution in [0.4, 0.5) is 5.69 Å². The van der Waals surface area contributed by atoms with Crippen molar-refractivity contribution >= 4 is 57.9 Å². The van der Waals surface area contributed by atoms with E-state index in [1.807, 2.05) is 0 Å². The maximum absolute atomic E-state index is 13.0. The molecule has 1 heterocycles. The molecule has 30 heavy (non-hydrogen) atoms. The lowest BCUT2D eigenvalue weighted by atomic mass is 10.0. The van der Waals surface area contributed by atoms with E-state index in [2.05, 4.69) is 0 Å². The van der Waals surface area contributed by atoms with Crippen LogP contribution in [0.1, 0.15) is 26.3 Å². The number of carbonyl (C=O) groups is 3. The second-order valence-corrected chi connectivity index (χ2v) is 7.59. The Balaban J connectivity index is 2.10. The first-order valence-electron chi connectivity index (χ1n) is 8.38. The zero-order valence-electron chi connectivity index (χ0n) is 15.7. The molecule has 2 aromatic carbocycles. The molecule has 8 nitrogen and oxygen atoms in total. The van der Waals surface area contributed by atoms with Crippen molar-refractivity contribution in [2.24, 2.45) is 0 Å². The lowest BCUT2D eigenvalue weighted by Gasteiger charge is -2.16. The number of ether oxygens (including phenoxy) is 2. The third kappa shape index (κ3) is 3.74. The van der Waals surface area contributed by atoms with Crippen molar-refractivity contribution in [2.75, 3.05) is 19.1 Å². The Morgan fingerprint density at radius 2 is 1.77 bits per heavy atom. The molecule has 2 aromatic rings. The number of carbonyl (C=O) groups excluding carboxylic acids is 1. The Labute approximate surface area is 180 Å². The summed E-state index contributed by atoms with van der Waals surface area (Å²) < 4.78 is 10.5. The third-order valence-electron chi connectivity index (χ3n) is 4.25. The van der Waals surface area contributed by atoms with Gasteiger partial charge in [0.2, 0.25) is 0 Å². The molecule has 0 atom stereocenters. The second-order valence-electron chi connectivity index (χ2n) is 5.91. The lowest BCUT2D eigenvalue weighted by Crippen LogP contribution is -2.29. The van der Waals surface area contributed by atoms with Gasteiger partial charge in [0.25, 0.3) is 5.91 Å². The van der Waals surface area contributed by atoms with Crippen molar-refractivity contribution in [1.29, 1.82) is 0 Å². The average Bonchev–Trinajstić information content (AvgIpc) is 2.99. The van der Waals surface area contributed by atoms with Gasteiger partial charge in [-0.3, -0.25) is 9.69 Å². The Morgan fingerprint density at radius 3 is 2.37 bits per heavy atom. The van der Waals surface area contributed by atoms with Crippen LogP contribution < -0.4 is 14.4 Å². The molecule has 0 radical (unpaired) electrons. The smallest absolute Gasteiger partial charge is 0.340 e. The summed E-state index contributed by atoms with van der Waals surface area (Å²) in [5.74, 6) is -2.76. The van der Waals surface area contributed by atoms with Crippen LogP contribution in [0.25, 0.3) is 6.08 Å².